The van der Waals surface area contributed by atoms with Crippen molar-refractivity contribution in [3.63, 3.8) is 0 Å². The lowest BCUT2D eigenvalue weighted by atomic mass is 10.4. The van der Waals surface area contributed by atoms with Crippen LogP contribution in [0.4, 0.5) is 4.79 Å². The van der Waals surface area contributed by atoms with Crippen LogP contribution in [0.1, 0.15) is 19.8 Å². The largest absolute Gasteiger partial charge is 0.395 e. The highest BCUT2D eigenvalue weighted by atomic mass is 16.3. The van der Waals surface area contributed by atoms with Crippen LogP contribution in [0.3, 0.4) is 0 Å². The summed E-state index contributed by atoms with van der Waals surface area (Å²) in [6, 6.07) is 0.0488. The van der Waals surface area contributed by atoms with E-state index in [0.717, 1.165) is 45.6 Å². The van der Waals surface area contributed by atoms with E-state index in [9.17, 15) is 4.79 Å². The van der Waals surface area contributed by atoms with Gasteiger partial charge in [-0.3, -0.25) is 4.90 Å². The molecule has 1 rings (SSSR count). The standard InChI is InChI=1S/C11H23N3O2/c1-2-4-12-11(16)14-6-3-5-13(7-8-14)9-10-15/h15H,2-10H2,1H3,(H,12,16). The Labute approximate surface area is 97.4 Å². The Morgan fingerprint density at radius 1 is 1.31 bits per heavy atom. The molecule has 0 radical (unpaired) electrons. The van der Waals surface area contributed by atoms with Gasteiger partial charge in [0.15, 0.2) is 0 Å². The first kappa shape index (κ1) is 13.3. The molecule has 0 aromatic rings. The van der Waals surface area contributed by atoms with Crippen molar-refractivity contribution in [3.8, 4) is 0 Å². The van der Waals surface area contributed by atoms with Gasteiger partial charge in [-0.25, -0.2) is 4.79 Å². The van der Waals surface area contributed by atoms with E-state index in [-0.39, 0.29) is 12.6 Å². The second kappa shape index (κ2) is 7.46. The average molecular weight is 229 g/mol. The number of carbonyl (C=O) groups excluding carboxylic acids is 1. The van der Waals surface area contributed by atoms with Gasteiger partial charge in [0.05, 0.1) is 6.61 Å². The number of carbonyl (C=O) groups is 1. The molecule has 1 aliphatic heterocycles. The van der Waals surface area contributed by atoms with Crippen LogP contribution >= 0.6 is 0 Å². The predicted molar refractivity (Wildman–Crippen MR) is 63.4 cm³/mol. The molecule has 0 aromatic heterocycles. The number of aliphatic hydroxyl groups is 1. The second-order valence-corrected chi connectivity index (χ2v) is 4.14. The molecule has 0 atom stereocenters. The molecule has 0 aliphatic carbocycles. The Morgan fingerprint density at radius 2 is 2.12 bits per heavy atom. The Morgan fingerprint density at radius 3 is 2.81 bits per heavy atom. The van der Waals surface area contributed by atoms with E-state index < -0.39 is 0 Å². The average Bonchev–Trinajstić information content (AvgIpc) is 2.52. The molecule has 1 saturated heterocycles. The van der Waals surface area contributed by atoms with Gasteiger partial charge in [0.25, 0.3) is 0 Å². The summed E-state index contributed by atoms with van der Waals surface area (Å²) in [5.74, 6) is 0. The molecule has 0 unspecified atom stereocenters. The number of β-amino-alcohol motifs (C(OH)–C–C–N with tert-alkyl or cyclic N) is 1. The van der Waals surface area contributed by atoms with Gasteiger partial charge in [-0.1, -0.05) is 6.92 Å². The number of rotatable bonds is 4. The minimum Gasteiger partial charge on any atom is -0.395 e. The van der Waals surface area contributed by atoms with Gasteiger partial charge < -0.3 is 15.3 Å². The van der Waals surface area contributed by atoms with E-state index in [2.05, 4.69) is 10.2 Å². The monoisotopic (exact) mass is 229 g/mol. The van der Waals surface area contributed by atoms with Crippen LogP contribution < -0.4 is 5.32 Å². The number of amides is 2. The molecule has 5 nitrogen and oxygen atoms in total. The summed E-state index contributed by atoms with van der Waals surface area (Å²) in [7, 11) is 0. The van der Waals surface area contributed by atoms with E-state index >= 15 is 0 Å². The molecule has 0 bridgehead atoms. The molecule has 16 heavy (non-hydrogen) atoms. The van der Waals surface area contributed by atoms with Gasteiger partial charge in [0.1, 0.15) is 0 Å². The van der Waals surface area contributed by atoms with Crippen molar-refractivity contribution in [1.29, 1.82) is 0 Å². The molecule has 0 saturated carbocycles. The number of nitrogens with one attached hydrogen (secondary N) is 1. The SMILES string of the molecule is CCCNC(=O)N1CCCN(CCO)CC1. The number of nitrogens with zero attached hydrogens (tertiary/aromatic N) is 2. The van der Waals surface area contributed by atoms with E-state index in [0.29, 0.717) is 6.54 Å². The number of hydrogen-bond acceptors (Lipinski definition) is 3. The fourth-order valence-electron chi connectivity index (χ4n) is 1.88. The number of hydrogen-bond donors (Lipinski definition) is 2. The first-order valence-electron chi connectivity index (χ1n) is 6.14. The summed E-state index contributed by atoms with van der Waals surface area (Å²) in [6.45, 7) is 7.11. The summed E-state index contributed by atoms with van der Waals surface area (Å²) >= 11 is 0. The fourth-order valence-corrected chi connectivity index (χ4v) is 1.88. The summed E-state index contributed by atoms with van der Waals surface area (Å²) in [5, 5.41) is 11.8. The van der Waals surface area contributed by atoms with Crippen molar-refractivity contribution >= 4 is 6.03 Å². The third-order valence-electron chi connectivity index (χ3n) is 2.82. The molecule has 0 aromatic carbocycles. The van der Waals surface area contributed by atoms with E-state index in [1.54, 1.807) is 0 Å². The van der Waals surface area contributed by atoms with Crippen LogP contribution in [0.5, 0.6) is 0 Å². The van der Waals surface area contributed by atoms with Gasteiger partial charge in [0.2, 0.25) is 0 Å². The van der Waals surface area contributed by atoms with Crippen LogP contribution in [0.15, 0.2) is 0 Å². The Bertz CT molecular complexity index is 211. The number of aliphatic hydroxyl groups excluding tert-OH is 1. The van der Waals surface area contributed by atoms with Gasteiger partial charge in [0, 0.05) is 32.7 Å². The lowest BCUT2D eigenvalue weighted by molar-refractivity contribution is 0.189. The van der Waals surface area contributed by atoms with Crippen LogP contribution in [0.2, 0.25) is 0 Å². The zero-order valence-corrected chi connectivity index (χ0v) is 10.1. The first-order valence-corrected chi connectivity index (χ1v) is 6.14. The van der Waals surface area contributed by atoms with Crippen LogP contribution in [0.25, 0.3) is 0 Å². The van der Waals surface area contributed by atoms with Crippen LogP contribution in [-0.2, 0) is 0 Å². The molecule has 1 aliphatic rings. The van der Waals surface area contributed by atoms with Crippen molar-refractivity contribution in [2.24, 2.45) is 0 Å². The number of urea groups is 1. The smallest absolute Gasteiger partial charge is 0.317 e. The zero-order valence-electron chi connectivity index (χ0n) is 10.1. The molecule has 1 fully saturated rings. The van der Waals surface area contributed by atoms with Gasteiger partial charge in [-0.2, -0.15) is 0 Å². The maximum absolute atomic E-state index is 11.7. The van der Waals surface area contributed by atoms with Crippen molar-refractivity contribution in [2.75, 3.05) is 45.9 Å². The second-order valence-electron chi connectivity index (χ2n) is 4.14. The fraction of sp³-hybridized carbons (Fsp3) is 0.909. The van der Waals surface area contributed by atoms with Gasteiger partial charge in [-0.15, -0.1) is 0 Å². The van der Waals surface area contributed by atoms with Crippen molar-refractivity contribution < 1.29 is 9.90 Å². The maximum Gasteiger partial charge on any atom is 0.317 e. The summed E-state index contributed by atoms with van der Waals surface area (Å²) in [5.41, 5.74) is 0. The zero-order chi connectivity index (χ0) is 11.8. The lowest BCUT2D eigenvalue weighted by Crippen LogP contribution is -2.42. The molecular formula is C11H23N3O2. The Kier molecular flexibility index (Phi) is 6.18. The predicted octanol–water partition coefficient (Wildman–Crippen LogP) is 0.106. The van der Waals surface area contributed by atoms with Gasteiger partial charge >= 0.3 is 6.03 Å². The normalized spacial score (nSPS) is 18.2. The third-order valence-corrected chi connectivity index (χ3v) is 2.82. The molecule has 1 heterocycles. The minimum absolute atomic E-state index is 0.0488. The minimum atomic E-state index is 0.0488. The maximum atomic E-state index is 11.7. The molecule has 0 spiro atoms. The quantitative estimate of drug-likeness (QED) is 0.719. The molecule has 94 valence electrons. The van der Waals surface area contributed by atoms with Crippen molar-refractivity contribution in [2.45, 2.75) is 19.8 Å². The van der Waals surface area contributed by atoms with E-state index in [1.807, 2.05) is 11.8 Å². The topological polar surface area (TPSA) is 55.8 Å². The lowest BCUT2D eigenvalue weighted by Gasteiger charge is -2.21. The summed E-state index contributed by atoms with van der Waals surface area (Å²) in [6.07, 6.45) is 1.95. The third kappa shape index (κ3) is 4.37. The highest BCUT2D eigenvalue weighted by Crippen LogP contribution is 2.02. The first-order chi connectivity index (χ1) is 7.77. The van der Waals surface area contributed by atoms with Crippen molar-refractivity contribution in [1.82, 2.24) is 15.1 Å². The van der Waals surface area contributed by atoms with E-state index in [4.69, 9.17) is 5.11 Å². The Hall–Kier alpha value is -0.810. The van der Waals surface area contributed by atoms with E-state index in [1.165, 1.54) is 0 Å². The molecular weight excluding hydrogens is 206 g/mol. The van der Waals surface area contributed by atoms with Gasteiger partial charge in [-0.05, 0) is 19.4 Å². The molecule has 5 heteroatoms. The van der Waals surface area contributed by atoms with Crippen molar-refractivity contribution in [3.05, 3.63) is 0 Å². The summed E-state index contributed by atoms with van der Waals surface area (Å²) < 4.78 is 0. The molecule has 2 amide bonds. The summed E-state index contributed by atoms with van der Waals surface area (Å²) in [4.78, 5) is 15.8. The Balaban J connectivity index is 2.31. The van der Waals surface area contributed by atoms with Crippen LogP contribution in [0, 0.1) is 0 Å². The molecule has 2 N–H and O–H groups in total. The highest BCUT2D eigenvalue weighted by Gasteiger charge is 2.17. The highest BCUT2D eigenvalue weighted by molar-refractivity contribution is 5.74. The van der Waals surface area contributed by atoms with Crippen LogP contribution in [-0.4, -0.2) is 66.8 Å².